The Morgan fingerprint density at radius 2 is 2.29 bits per heavy atom. The van der Waals surface area contributed by atoms with Gasteiger partial charge in [-0.15, -0.1) is 13.2 Å². The lowest BCUT2D eigenvalue weighted by molar-refractivity contribution is -0.136. The third kappa shape index (κ3) is 5.33. The first-order valence-corrected chi connectivity index (χ1v) is 7.52. The van der Waals surface area contributed by atoms with E-state index in [4.69, 9.17) is 4.74 Å². The van der Waals surface area contributed by atoms with E-state index in [0.29, 0.717) is 6.42 Å². The number of rotatable bonds is 8. The van der Waals surface area contributed by atoms with E-state index in [-0.39, 0.29) is 11.4 Å². The molecule has 0 aromatic carbocycles. The van der Waals surface area contributed by atoms with Crippen molar-refractivity contribution in [2.75, 3.05) is 7.11 Å². The molecule has 1 aliphatic heterocycles. The molecule has 0 fully saturated rings. The van der Waals surface area contributed by atoms with E-state index < -0.39 is 0 Å². The lowest BCUT2D eigenvalue weighted by Crippen LogP contribution is -2.26. The second kappa shape index (κ2) is 7.96. The summed E-state index contributed by atoms with van der Waals surface area (Å²) in [6, 6.07) is 0. The highest BCUT2D eigenvalue weighted by atomic mass is 16.5. The van der Waals surface area contributed by atoms with E-state index in [1.165, 1.54) is 7.11 Å². The molecule has 3 nitrogen and oxygen atoms in total. The minimum atomic E-state index is -0.248. The Kier molecular flexibility index (Phi) is 6.60. The maximum absolute atomic E-state index is 12.0. The van der Waals surface area contributed by atoms with E-state index in [1.54, 1.807) is 0 Å². The third-order valence-corrected chi connectivity index (χ3v) is 3.83. The van der Waals surface area contributed by atoms with E-state index in [9.17, 15) is 4.79 Å². The SMILES string of the molecule is C=CCCC1(C)C=NC(CCCC(=C)C)=C(C(=O)OC)C1. The molecule has 1 heterocycles. The molecule has 1 aliphatic rings. The summed E-state index contributed by atoms with van der Waals surface area (Å²) >= 11 is 0. The van der Waals surface area contributed by atoms with Crippen molar-refractivity contribution in [2.24, 2.45) is 10.4 Å². The van der Waals surface area contributed by atoms with Crippen molar-refractivity contribution in [3.8, 4) is 0 Å². The Morgan fingerprint density at radius 1 is 1.57 bits per heavy atom. The molecule has 0 amide bonds. The first-order chi connectivity index (χ1) is 9.91. The van der Waals surface area contributed by atoms with Crippen LogP contribution in [0.1, 0.15) is 52.4 Å². The van der Waals surface area contributed by atoms with Gasteiger partial charge in [-0.25, -0.2) is 4.79 Å². The maximum Gasteiger partial charge on any atom is 0.335 e. The van der Waals surface area contributed by atoms with Gasteiger partial charge in [-0.2, -0.15) is 0 Å². The van der Waals surface area contributed by atoms with E-state index in [0.717, 1.165) is 48.9 Å². The molecular weight excluding hydrogens is 262 g/mol. The number of aliphatic imine (C=N–C) groups is 1. The van der Waals surface area contributed by atoms with Gasteiger partial charge in [-0.1, -0.05) is 18.6 Å². The zero-order valence-corrected chi connectivity index (χ0v) is 13.6. The number of allylic oxidation sites excluding steroid dienone is 3. The fraction of sp³-hybridized carbons (Fsp3) is 0.556. The first kappa shape index (κ1) is 17.4. The Bertz CT molecular complexity index is 474. The summed E-state index contributed by atoms with van der Waals surface area (Å²) in [7, 11) is 1.43. The van der Waals surface area contributed by atoms with Crippen LogP contribution in [0.3, 0.4) is 0 Å². The van der Waals surface area contributed by atoms with Gasteiger partial charge < -0.3 is 4.74 Å². The van der Waals surface area contributed by atoms with E-state index in [1.807, 2.05) is 19.2 Å². The zero-order valence-electron chi connectivity index (χ0n) is 13.6. The summed E-state index contributed by atoms with van der Waals surface area (Å²) < 4.78 is 4.94. The Morgan fingerprint density at radius 3 is 2.86 bits per heavy atom. The maximum atomic E-state index is 12.0. The second-order valence-corrected chi connectivity index (χ2v) is 6.14. The Labute approximate surface area is 128 Å². The molecule has 0 bridgehead atoms. The highest BCUT2D eigenvalue weighted by molar-refractivity contribution is 5.91. The van der Waals surface area contributed by atoms with Gasteiger partial charge in [0.25, 0.3) is 0 Å². The molecule has 0 spiro atoms. The van der Waals surface area contributed by atoms with Crippen LogP contribution in [0.15, 0.2) is 41.1 Å². The molecule has 0 aromatic rings. The monoisotopic (exact) mass is 289 g/mol. The molecule has 0 saturated heterocycles. The fourth-order valence-electron chi connectivity index (χ4n) is 2.53. The molecule has 3 heteroatoms. The van der Waals surface area contributed by atoms with Crippen molar-refractivity contribution in [2.45, 2.75) is 52.4 Å². The van der Waals surface area contributed by atoms with Gasteiger partial charge in [0, 0.05) is 11.6 Å². The summed E-state index contributed by atoms with van der Waals surface area (Å²) in [4.78, 5) is 16.6. The number of hydrogen-bond donors (Lipinski definition) is 0. The summed E-state index contributed by atoms with van der Waals surface area (Å²) in [6.07, 6.45) is 9.18. The normalized spacial score (nSPS) is 21.3. The number of nitrogens with zero attached hydrogens (tertiary/aromatic N) is 1. The average Bonchev–Trinajstić information content (AvgIpc) is 2.45. The van der Waals surface area contributed by atoms with Crippen molar-refractivity contribution < 1.29 is 9.53 Å². The standard InChI is InChI=1S/C18H27NO2/c1-6-7-11-18(4)12-15(17(20)21-5)16(19-13-18)10-8-9-14(2)3/h6,13H,1-2,7-12H2,3-5H3. The lowest BCUT2D eigenvalue weighted by atomic mass is 9.78. The van der Waals surface area contributed by atoms with Crippen LogP contribution in [-0.2, 0) is 9.53 Å². The molecule has 0 aliphatic carbocycles. The zero-order chi connectivity index (χ0) is 15.9. The van der Waals surface area contributed by atoms with Crippen LogP contribution in [0.5, 0.6) is 0 Å². The number of esters is 1. The van der Waals surface area contributed by atoms with Gasteiger partial charge in [0.2, 0.25) is 0 Å². The van der Waals surface area contributed by atoms with Crippen molar-refractivity contribution in [1.29, 1.82) is 0 Å². The Balaban J connectivity index is 2.85. The second-order valence-electron chi connectivity index (χ2n) is 6.14. The molecule has 0 N–H and O–H groups in total. The van der Waals surface area contributed by atoms with Gasteiger partial charge in [0.15, 0.2) is 0 Å². The van der Waals surface area contributed by atoms with Crippen LogP contribution in [0.25, 0.3) is 0 Å². The fourth-order valence-corrected chi connectivity index (χ4v) is 2.53. The van der Waals surface area contributed by atoms with Gasteiger partial charge in [-0.05, 0) is 45.4 Å². The minimum Gasteiger partial charge on any atom is -0.466 e. The van der Waals surface area contributed by atoms with Crippen LogP contribution >= 0.6 is 0 Å². The van der Waals surface area contributed by atoms with Crippen molar-refractivity contribution in [3.05, 3.63) is 36.1 Å². The molecule has 1 rings (SSSR count). The van der Waals surface area contributed by atoms with Gasteiger partial charge >= 0.3 is 5.97 Å². The quantitative estimate of drug-likeness (QED) is 0.483. The average molecular weight is 289 g/mol. The molecular formula is C18H27NO2. The third-order valence-electron chi connectivity index (χ3n) is 3.83. The number of hydrogen-bond acceptors (Lipinski definition) is 3. The van der Waals surface area contributed by atoms with Crippen LogP contribution in [0.2, 0.25) is 0 Å². The van der Waals surface area contributed by atoms with Gasteiger partial charge in [-0.3, -0.25) is 4.99 Å². The molecule has 0 saturated carbocycles. The molecule has 1 unspecified atom stereocenters. The highest BCUT2D eigenvalue weighted by Crippen LogP contribution is 2.36. The minimum absolute atomic E-state index is 0.0877. The largest absolute Gasteiger partial charge is 0.466 e. The van der Waals surface area contributed by atoms with Crippen LogP contribution in [0, 0.1) is 5.41 Å². The predicted octanol–water partition coefficient (Wildman–Crippen LogP) is 4.61. The number of carbonyl (C=O) groups excluding carboxylic acids is 1. The van der Waals surface area contributed by atoms with Gasteiger partial charge in [0.05, 0.1) is 18.4 Å². The van der Waals surface area contributed by atoms with Crippen LogP contribution in [-0.4, -0.2) is 19.3 Å². The summed E-state index contributed by atoms with van der Waals surface area (Å²) in [5.41, 5.74) is 2.67. The topological polar surface area (TPSA) is 38.7 Å². The molecule has 21 heavy (non-hydrogen) atoms. The van der Waals surface area contributed by atoms with Crippen LogP contribution < -0.4 is 0 Å². The molecule has 116 valence electrons. The van der Waals surface area contributed by atoms with Gasteiger partial charge in [0.1, 0.15) is 0 Å². The van der Waals surface area contributed by atoms with E-state index in [2.05, 4.69) is 25.1 Å². The highest BCUT2D eigenvalue weighted by Gasteiger charge is 2.31. The lowest BCUT2D eigenvalue weighted by Gasteiger charge is -2.29. The number of carbonyl (C=O) groups is 1. The summed E-state index contributed by atoms with van der Waals surface area (Å²) in [6.45, 7) is 11.8. The van der Waals surface area contributed by atoms with Crippen molar-refractivity contribution >= 4 is 12.2 Å². The Hall–Kier alpha value is -1.64. The molecule has 0 radical (unpaired) electrons. The van der Waals surface area contributed by atoms with Crippen molar-refractivity contribution in [3.63, 3.8) is 0 Å². The summed E-state index contributed by atoms with van der Waals surface area (Å²) in [5.74, 6) is -0.248. The smallest absolute Gasteiger partial charge is 0.335 e. The van der Waals surface area contributed by atoms with Crippen LogP contribution in [0.4, 0.5) is 0 Å². The predicted molar refractivity (Wildman–Crippen MR) is 88.4 cm³/mol. The number of ether oxygens (including phenoxy) is 1. The molecule has 0 aromatic heterocycles. The van der Waals surface area contributed by atoms with E-state index >= 15 is 0 Å². The summed E-state index contributed by atoms with van der Waals surface area (Å²) in [5, 5.41) is 0. The first-order valence-electron chi connectivity index (χ1n) is 7.52. The van der Waals surface area contributed by atoms with Crippen molar-refractivity contribution in [1.82, 2.24) is 0 Å². The molecule has 1 atom stereocenters. The number of methoxy groups -OCH3 is 1.